The van der Waals surface area contributed by atoms with Gasteiger partial charge in [-0.15, -0.1) is 0 Å². The largest absolute Gasteiger partial charge is 0.476 e. The Morgan fingerprint density at radius 3 is 2.94 bits per heavy atom. The number of nitrogens with one attached hydrogen (secondary N) is 1. The minimum atomic E-state index is -0.611. The van der Waals surface area contributed by atoms with Crippen LogP contribution in [0, 0.1) is 10.1 Å². The summed E-state index contributed by atoms with van der Waals surface area (Å²) in [4.78, 5) is 17.6. The van der Waals surface area contributed by atoms with Crippen LogP contribution in [0.25, 0.3) is 0 Å². The van der Waals surface area contributed by atoms with Gasteiger partial charge in [0.1, 0.15) is 6.33 Å². The maximum atomic E-state index is 10.8. The van der Waals surface area contributed by atoms with E-state index in [2.05, 4.69) is 15.3 Å². The second-order valence-electron chi connectivity index (χ2n) is 2.84. The van der Waals surface area contributed by atoms with Crippen LogP contribution in [0.2, 0.25) is 0 Å². The molecule has 0 bridgehead atoms. The molecular formula is C8H12N4O4. The van der Waals surface area contributed by atoms with Gasteiger partial charge in [-0.3, -0.25) is 10.1 Å². The van der Waals surface area contributed by atoms with Crippen molar-refractivity contribution in [1.29, 1.82) is 0 Å². The third-order valence-electron chi connectivity index (χ3n) is 1.79. The quantitative estimate of drug-likeness (QED) is 0.406. The number of hydrogen-bond acceptors (Lipinski definition) is 7. The normalized spacial score (nSPS) is 9.88. The van der Waals surface area contributed by atoms with Crippen molar-refractivity contribution in [2.45, 2.75) is 6.42 Å². The fraction of sp³-hybridized carbons (Fsp3) is 0.500. The van der Waals surface area contributed by atoms with Crippen molar-refractivity contribution in [3.63, 3.8) is 0 Å². The van der Waals surface area contributed by atoms with Crippen LogP contribution in [0.4, 0.5) is 11.5 Å². The van der Waals surface area contributed by atoms with Gasteiger partial charge in [0, 0.05) is 13.2 Å². The first kappa shape index (κ1) is 12.1. The highest BCUT2D eigenvalue weighted by Gasteiger charge is 2.23. The number of ether oxygens (including phenoxy) is 1. The molecule has 0 saturated heterocycles. The lowest BCUT2D eigenvalue weighted by atomic mass is 10.4. The molecule has 1 aromatic rings. The maximum Gasteiger partial charge on any atom is 0.372 e. The van der Waals surface area contributed by atoms with Crippen molar-refractivity contribution in [2.24, 2.45) is 0 Å². The Morgan fingerprint density at radius 2 is 2.38 bits per heavy atom. The summed E-state index contributed by atoms with van der Waals surface area (Å²) < 4.78 is 4.77. The van der Waals surface area contributed by atoms with E-state index >= 15 is 0 Å². The van der Waals surface area contributed by atoms with Gasteiger partial charge in [-0.25, -0.2) is 4.98 Å². The van der Waals surface area contributed by atoms with Crippen LogP contribution in [0.5, 0.6) is 5.88 Å². The van der Waals surface area contributed by atoms with Crippen molar-refractivity contribution in [2.75, 3.05) is 25.6 Å². The predicted octanol–water partition coefficient (Wildman–Crippen LogP) is 0.188. The van der Waals surface area contributed by atoms with E-state index in [1.54, 1.807) is 0 Å². The highest BCUT2D eigenvalue weighted by molar-refractivity contribution is 5.60. The Balaban J connectivity index is 2.93. The smallest absolute Gasteiger partial charge is 0.372 e. The molecule has 88 valence electrons. The van der Waals surface area contributed by atoms with Gasteiger partial charge in [-0.05, 0) is 6.42 Å². The molecule has 2 N–H and O–H groups in total. The first-order chi connectivity index (χ1) is 7.70. The molecule has 0 aliphatic heterocycles. The van der Waals surface area contributed by atoms with E-state index in [9.17, 15) is 10.1 Å². The molecule has 1 heterocycles. The lowest BCUT2D eigenvalue weighted by Crippen LogP contribution is -2.09. The van der Waals surface area contributed by atoms with E-state index in [0.717, 1.165) is 0 Å². The maximum absolute atomic E-state index is 10.8. The number of aliphatic hydroxyl groups is 1. The van der Waals surface area contributed by atoms with Crippen LogP contribution in [0.1, 0.15) is 6.42 Å². The van der Waals surface area contributed by atoms with Crippen LogP contribution in [-0.4, -0.2) is 40.3 Å². The number of hydrogen-bond donors (Lipinski definition) is 2. The topological polar surface area (TPSA) is 110 Å². The molecule has 8 heteroatoms. The molecule has 0 aromatic carbocycles. The molecule has 0 aliphatic carbocycles. The number of aliphatic hydroxyl groups excluding tert-OH is 1. The van der Waals surface area contributed by atoms with Crippen molar-refractivity contribution in [3.8, 4) is 5.88 Å². The molecule has 0 unspecified atom stereocenters. The summed E-state index contributed by atoms with van der Waals surface area (Å²) in [5, 5.41) is 22.1. The average molecular weight is 228 g/mol. The highest BCUT2D eigenvalue weighted by atomic mass is 16.6. The number of anilines is 1. The standard InChI is InChI=1S/C8H12N4O4/c1-16-8-6(12(14)15)7(10-5-11-8)9-3-2-4-13/h5,13H,2-4H2,1H3,(H,9,10,11). The van der Waals surface area contributed by atoms with E-state index in [1.807, 2.05) is 0 Å². The van der Waals surface area contributed by atoms with Gasteiger partial charge in [-0.1, -0.05) is 0 Å². The average Bonchev–Trinajstić information content (AvgIpc) is 2.28. The lowest BCUT2D eigenvalue weighted by Gasteiger charge is -2.06. The second-order valence-corrected chi connectivity index (χ2v) is 2.84. The zero-order valence-electron chi connectivity index (χ0n) is 8.71. The minimum Gasteiger partial charge on any atom is -0.476 e. The molecule has 0 aliphatic rings. The summed E-state index contributed by atoms with van der Waals surface area (Å²) in [5.74, 6) is -0.00296. The zero-order valence-corrected chi connectivity index (χ0v) is 8.71. The molecule has 0 atom stereocenters. The molecule has 0 radical (unpaired) electrons. The molecule has 1 aromatic heterocycles. The van der Waals surface area contributed by atoms with Gasteiger partial charge in [0.2, 0.25) is 5.82 Å². The van der Waals surface area contributed by atoms with Crippen LogP contribution >= 0.6 is 0 Å². The second kappa shape index (κ2) is 5.81. The van der Waals surface area contributed by atoms with Crippen molar-refractivity contribution in [3.05, 3.63) is 16.4 Å². The van der Waals surface area contributed by atoms with Gasteiger partial charge in [-0.2, -0.15) is 4.98 Å². The van der Waals surface area contributed by atoms with Crippen LogP contribution < -0.4 is 10.1 Å². The molecule has 16 heavy (non-hydrogen) atoms. The third-order valence-corrected chi connectivity index (χ3v) is 1.79. The van der Waals surface area contributed by atoms with E-state index in [0.29, 0.717) is 13.0 Å². The minimum absolute atomic E-state index is 0.00299. The van der Waals surface area contributed by atoms with Gasteiger partial charge in [0.25, 0.3) is 5.88 Å². The van der Waals surface area contributed by atoms with E-state index in [-0.39, 0.29) is 24.0 Å². The Morgan fingerprint density at radius 1 is 1.62 bits per heavy atom. The van der Waals surface area contributed by atoms with Crippen LogP contribution in [-0.2, 0) is 0 Å². The Labute approximate surface area is 91.4 Å². The summed E-state index contributed by atoms with van der Waals surface area (Å²) in [5.41, 5.74) is -0.303. The van der Waals surface area contributed by atoms with Gasteiger partial charge >= 0.3 is 5.69 Å². The Hall–Kier alpha value is -1.96. The van der Waals surface area contributed by atoms with E-state index in [4.69, 9.17) is 9.84 Å². The lowest BCUT2D eigenvalue weighted by molar-refractivity contribution is -0.385. The monoisotopic (exact) mass is 228 g/mol. The summed E-state index contributed by atoms with van der Waals surface area (Å²) in [6.07, 6.45) is 1.65. The van der Waals surface area contributed by atoms with Gasteiger partial charge in [0.15, 0.2) is 0 Å². The summed E-state index contributed by atoms with van der Waals surface area (Å²) >= 11 is 0. The first-order valence-corrected chi connectivity index (χ1v) is 4.58. The fourth-order valence-corrected chi connectivity index (χ4v) is 1.09. The van der Waals surface area contributed by atoms with E-state index < -0.39 is 4.92 Å². The van der Waals surface area contributed by atoms with Crippen LogP contribution in [0.3, 0.4) is 0 Å². The summed E-state index contributed by atoms with van der Waals surface area (Å²) in [6, 6.07) is 0. The number of aromatic nitrogens is 2. The zero-order chi connectivity index (χ0) is 12.0. The van der Waals surface area contributed by atoms with Gasteiger partial charge < -0.3 is 15.2 Å². The number of rotatable bonds is 6. The molecule has 0 amide bonds. The van der Waals surface area contributed by atoms with Crippen molar-refractivity contribution < 1.29 is 14.8 Å². The molecule has 0 spiro atoms. The number of nitrogens with zero attached hydrogens (tertiary/aromatic N) is 3. The van der Waals surface area contributed by atoms with Gasteiger partial charge in [0.05, 0.1) is 12.0 Å². The Bertz CT molecular complexity index is 371. The first-order valence-electron chi connectivity index (χ1n) is 4.58. The van der Waals surface area contributed by atoms with Crippen molar-refractivity contribution >= 4 is 11.5 Å². The van der Waals surface area contributed by atoms with Crippen molar-refractivity contribution in [1.82, 2.24) is 9.97 Å². The van der Waals surface area contributed by atoms with E-state index in [1.165, 1.54) is 13.4 Å². The fourth-order valence-electron chi connectivity index (χ4n) is 1.09. The number of nitro groups is 1. The molecule has 8 nitrogen and oxygen atoms in total. The molecule has 1 rings (SSSR count). The predicted molar refractivity (Wildman–Crippen MR) is 55.4 cm³/mol. The Kier molecular flexibility index (Phi) is 4.40. The highest BCUT2D eigenvalue weighted by Crippen LogP contribution is 2.29. The molecular weight excluding hydrogens is 216 g/mol. The molecule has 0 fully saturated rings. The SMILES string of the molecule is COc1ncnc(NCCCO)c1[N+](=O)[O-]. The molecule has 0 saturated carbocycles. The summed E-state index contributed by atoms with van der Waals surface area (Å²) in [7, 11) is 1.30. The summed E-state index contributed by atoms with van der Waals surface area (Å²) in [6.45, 7) is 0.389. The number of methoxy groups -OCH3 is 1. The van der Waals surface area contributed by atoms with Crippen LogP contribution in [0.15, 0.2) is 6.33 Å². The third kappa shape index (κ3) is 2.76.